The topological polar surface area (TPSA) is 63.2 Å². The van der Waals surface area contributed by atoms with Crippen molar-refractivity contribution in [3.63, 3.8) is 0 Å². The van der Waals surface area contributed by atoms with Gasteiger partial charge in [0.2, 0.25) is 0 Å². The van der Waals surface area contributed by atoms with Crippen LogP contribution >= 0.6 is 0 Å². The van der Waals surface area contributed by atoms with Gasteiger partial charge in [-0.2, -0.15) is 0 Å². The number of carbonyl (C=O) groups is 1. The van der Waals surface area contributed by atoms with E-state index in [-0.39, 0.29) is 22.1 Å². The Balaban J connectivity index is 3.07. The van der Waals surface area contributed by atoms with Gasteiger partial charge in [-0.15, -0.1) is 0 Å². The van der Waals surface area contributed by atoms with Gasteiger partial charge in [0.15, 0.2) is 9.84 Å². The maximum absolute atomic E-state index is 12.0. The molecule has 0 aliphatic rings. The van der Waals surface area contributed by atoms with Crippen LogP contribution in [0.1, 0.15) is 31.1 Å². The molecule has 0 aliphatic carbocycles. The van der Waals surface area contributed by atoms with Gasteiger partial charge in [-0.25, -0.2) is 8.42 Å². The molecule has 0 radical (unpaired) electrons. The summed E-state index contributed by atoms with van der Waals surface area (Å²) in [6.45, 7) is 6.06. The number of sulfone groups is 1. The Kier molecular flexibility index (Phi) is 4.90. The van der Waals surface area contributed by atoms with Crippen molar-refractivity contribution in [3.05, 3.63) is 29.8 Å². The third-order valence-corrected chi connectivity index (χ3v) is 4.30. The zero-order valence-electron chi connectivity index (χ0n) is 10.9. The first kappa shape index (κ1) is 14.7. The highest BCUT2D eigenvalue weighted by Gasteiger charge is 2.20. The first-order valence-electron chi connectivity index (χ1n) is 5.98. The molecular weight excluding hydrogens is 250 g/mol. The second-order valence-electron chi connectivity index (χ2n) is 4.50. The second-order valence-corrected chi connectivity index (χ2v) is 6.75. The number of hydrogen-bond acceptors (Lipinski definition) is 3. The van der Waals surface area contributed by atoms with E-state index in [9.17, 15) is 13.2 Å². The predicted molar refractivity (Wildman–Crippen MR) is 71.3 cm³/mol. The van der Waals surface area contributed by atoms with Crippen LogP contribution in [-0.4, -0.2) is 26.6 Å². The Morgan fingerprint density at radius 2 is 1.89 bits per heavy atom. The molecule has 0 heterocycles. The van der Waals surface area contributed by atoms with Gasteiger partial charge in [0, 0.05) is 6.54 Å². The largest absolute Gasteiger partial charge is 0.352 e. The summed E-state index contributed by atoms with van der Waals surface area (Å²) in [7, 11) is -3.37. The predicted octanol–water partition coefficient (Wildman–Crippen LogP) is 1.87. The smallest absolute Gasteiger partial charge is 0.252 e. The first-order chi connectivity index (χ1) is 8.38. The van der Waals surface area contributed by atoms with Gasteiger partial charge >= 0.3 is 0 Å². The van der Waals surface area contributed by atoms with Crippen LogP contribution in [0, 0.1) is 5.92 Å². The van der Waals surface area contributed by atoms with Crippen LogP contribution in [0.25, 0.3) is 0 Å². The summed E-state index contributed by atoms with van der Waals surface area (Å²) in [4.78, 5) is 12.1. The van der Waals surface area contributed by atoms with Crippen molar-refractivity contribution in [1.29, 1.82) is 0 Å². The number of carbonyl (C=O) groups excluding carboxylic acids is 1. The molecule has 0 bridgehead atoms. The minimum Gasteiger partial charge on any atom is -0.352 e. The van der Waals surface area contributed by atoms with Gasteiger partial charge in [0.05, 0.1) is 16.2 Å². The zero-order chi connectivity index (χ0) is 13.8. The highest BCUT2D eigenvalue weighted by atomic mass is 32.2. The van der Waals surface area contributed by atoms with Gasteiger partial charge < -0.3 is 5.32 Å². The van der Waals surface area contributed by atoms with Crippen LogP contribution in [0.3, 0.4) is 0 Å². The van der Waals surface area contributed by atoms with Gasteiger partial charge in [-0.3, -0.25) is 4.79 Å². The molecule has 1 aromatic rings. The van der Waals surface area contributed by atoms with Crippen molar-refractivity contribution in [2.75, 3.05) is 12.3 Å². The molecule has 4 nitrogen and oxygen atoms in total. The fourth-order valence-corrected chi connectivity index (χ4v) is 2.57. The molecular formula is C13H19NO3S. The molecule has 0 spiro atoms. The molecule has 0 atom stereocenters. The molecule has 0 unspecified atom stereocenters. The maximum atomic E-state index is 12.0. The number of benzene rings is 1. The average molecular weight is 269 g/mol. The fourth-order valence-electron chi connectivity index (χ4n) is 1.47. The van der Waals surface area contributed by atoms with Crippen LogP contribution in [0.15, 0.2) is 29.2 Å². The Bertz CT molecular complexity index is 521. The minimum atomic E-state index is -3.37. The standard InChI is InChI=1S/C13H19NO3S/c1-4-18(16,17)12-8-6-5-7-11(12)13(15)14-9-10(2)3/h5-8,10H,4,9H2,1-3H3,(H,14,15). The summed E-state index contributed by atoms with van der Waals surface area (Å²) in [5.41, 5.74) is 0.222. The SMILES string of the molecule is CCS(=O)(=O)c1ccccc1C(=O)NCC(C)C. The van der Waals surface area contributed by atoms with E-state index in [2.05, 4.69) is 5.32 Å². The van der Waals surface area contributed by atoms with E-state index >= 15 is 0 Å². The molecule has 1 N–H and O–H groups in total. The summed E-state index contributed by atoms with van der Waals surface area (Å²) in [5, 5.41) is 2.73. The van der Waals surface area contributed by atoms with Crippen molar-refractivity contribution in [2.45, 2.75) is 25.7 Å². The Morgan fingerprint density at radius 3 is 2.44 bits per heavy atom. The van der Waals surface area contributed by atoms with E-state index < -0.39 is 9.84 Å². The normalized spacial score (nSPS) is 11.6. The summed E-state index contributed by atoms with van der Waals surface area (Å²) in [6, 6.07) is 6.31. The number of hydrogen-bond donors (Lipinski definition) is 1. The van der Waals surface area contributed by atoms with E-state index in [0.29, 0.717) is 12.5 Å². The highest BCUT2D eigenvalue weighted by Crippen LogP contribution is 2.16. The third-order valence-electron chi connectivity index (χ3n) is 2.52. The number of nitrogens with one attached hydrogen (secondary N) is 1. The Hall–Kier alpha value is -1.36. The van der Waals surface area contributed by atoms with Crippen molar-refractivity contribution in [1.82, 2.24) is 5.32 Å². The number of rotatable bonds is 5. The minimum absolute atomic E-state index is 0.0124. The highest BCUT2D eigenvalue weighted by molar-refractivity contribution is 7.91. The van der Waals surface area contributed by atoms with Crippen molar-refractivity contribution < 1.29 is 13.2 Å². The molecule has 100 valence electrons. The molecule has 0 fully saturated rings. The lowest BCUT2D eigenvalue weighted by molar-refractivity contribution is 0.0945. The summed E-state index contributed by atoms with van der Waals surface area (Å²) < 4.78 is 23.8. The molecule has 1 amide bonds. The molecule has 1 rings (SSSR count). The van der Waals surface area contributed by atoms with Crippen LogP contribution in [0.4, 0.5) is 0 Å². The third kappa shape index (κ3) is 3.57. The number of amides is 1. The van der Waals surface area contributed by atoms with Gasteiger partial charge in [0.25, 0.3) is 5.91 Å². The van der Waals surface area contributed by atoms with E-state index in [0.717, 1.165) is 0 Å². The van der Waals surface area contributed by atoms with Crippen LogP contribution in [-0.2, 0) is 9.84 Å². The lowest BCUT2D eigenvalue weighted by atomic mass is 10.2. The summed E-state index contributed by atoms with van der Waals surface area (Å²) >= 11 is 0. The average Bonchev–Trinajstić information content (AvgIpc) is 2.36. The van der Waals surface area contributed by atoms with Gasteiger partial charge in [-0.1, -0.05) is 32.9 Å². The Labute approximate surface area is 108 Å². The second kappa shape index (κ2) is 6.00. The first-order valence-corrected chi connectivity index (χ1v) is 7.63. The lowest BCUT2D eigenvalue weighted by Gasteiger charge is -2.11. The lowest BCUT2D eigenvalue weighted by Crippen LogP contribution is -2.28. The molecule has 0 aliphatic heterocycles. The molecule has 5 heteroatoms. The summed E-state index contributed by atoms with van der Waals surface area (Å²) in [5.74, 6) is -0.0261. The van der Waals surface area contributed by atoms with Crippen molar-refractivity contribution >= 4 is 15.7 Å². The van der Waals surface area contributed by atoms with Gasteiger partial charge in [-0.05, 0) is 18.1 Å². The van der Waals surface area contributed by atoms with E-state index in [1.165, 1.54) is 12.1 Å². The molecule has 18 heavy (non-hydrogen) atoms. The van der Waals surface area contributed by atoms with Crippen LogP contribution in [0.5, 0.6) is 0 Å². The monoisotopic (exact) mass is 269 g/mol. The van der Waals surface area contributed by atoms with Crippen LogP contribution in [0.2, 0.25) is 0 Å². The van der Waals surface area contributed by atoms with E-state index in [1.54, 1.807) is 19.1 Å². The Morgan fingerprint density at radius 1 is 1.28 bits per heavy atom. The zero-order valence-corrected chi connectivity index (χ0v) is 11.8. The van der Waals surface area contributed by atoms with Crippen molar-refractivity contribution in [3.8, 4) is 0 Å². The van der Waals surface area contributed by atoms with Crippen molar-refractivity contribution in [2.24, 2.45) is 5.92 Å². The molecule has 0 saturated heterocycles. The summed E-state index contributed by atoms with van der Waals surface area (Å²) in [6.07, 6.45) is 0. The molecule has 1 aromatic carbocycles. The molecule has 0 aromatic heterocycles. The van der Waals surface area contributed by atoms with Gasteiger partial charge in [0.1, 0.15) is 0 Å². The van der Waals surface area contributed by atoms with Crippen LogP contribution < -0.4 is 5.32 Å². The quantitative estimate of drug-likeness (QED) is 0.887. The van der Waals surface area contributed by atoms with E-state index in [4.69, 9.17) is 0 Å². The molecule has 0 saturated carbocycles. The fraction of sp³-hybridized carbons (Fsp3) is 0.462. The van der Waals surface area contributed by atoms with E-state index in [1.807, 2.05) is 13.8 Å². The maximum Gasteiger partial charge on any atom is 0.252 e.